The van der Waals surface area contributed by atoms with Crippen LogP contribution in [0.25, 0.3) is 0 Å². The molecular formula is C16H32N2. The van der Waals surface area contributed by atoms with Gasteiger partial charge in [-0.2, -0.15) is 0 Å². The largest absolute Gasteiger partial charge is 0.315 e. The quantitative estimate of drug-likeness (QED) is 0.825. The van der Waals surface area contributed by atoms with E-state index in [2.05, 4.69) is 31.0 Å². The number of nitrogens with zero attached hydrogens (tertiary/aromatic N) is 1. The second-order valence-corrected chi connectivity index (χ2v) is 7.13. The molecule has 0 amide bonds. The van der Waals surface area contributed by atoms with Crippen LogP contribution in [0, 0.1) is 5.41 Å². The fraction of sp³-hybridized carbons (Fsp3) is 1.00. The van der Waals surface area contributed by atoms with Crippen LogP contribution in [0.2, 0.25) is 0 Å². The molecule has 1 N–H and O–H groups in total. The molecule has 0 spiro atoms. The molecule has 1 atom stereocenters. The molecule has 18 heavy (non-hydrogen) atoms. The Balaban J connectivity index is 1.92. The summed E-state index contributed by atoms with van der Waals surface area (Å²) in [6.07, 6.45) is 9.75. The van der Waals surface area contributed by atoms with Gasteiger partial charge < -0.3 is 5.32 Å². The third-order valence-corrected chi connectivity index (χ3v) is 5.00. The first-order chi connectivity index (χ1) is 8.62. The highest BCUT2D eigenvalue weighted by atomic mass is 15.2. The molecule has 2 heteroatoms. The topological polar surface area (TPSA) is 15.3 Å². The molecule has 0 aromatic heterocycles. The van der Waals surface area contributed by atoms with E-state index in [1.54, 1.807) is 0 Å². The lowest BCUT2D eigenvalue weighted by Gasteiger charge is -2.44. The summed E-state index contributed by atoms with van der Waals surface area (Å²) in [5.41, 5.74) is 0.596. The maximum atomic E-state index is 3.59. The van der Waals surface area contributed by atoms with E-state index in [0.29, 0.717) is 5.41 Å². The predicted octanol–water partition coefficient (Wildman–Crippen LogP) is 3.42. The van der Waals surface area contributed by atoms with Gasteiger partial charge in [0.05, 0.1) is 0 Å². The first-order valence-corrected chi connectivity index (χ1v) is 8.09. The van der Waals surface area contributed by atoms with Gasteiger partial charge in [-0.15, -0.1) is 0 Å². The van der Waals surface area contributed by atoms with E-state index in [1.807, 2.05) is 0 Å². The Kier molecular flexibility index (Phi) is 5.08. The van der Waals surface area contributed by atoms with Gasteiger partial charge in [-0.25, -0.2) is 0 Å². The van der Waals surface area contributed by atoms with Crippen molar-refractivity contribution in [2.75, 3.05) is 19.6 Å². The summed E-state index contributed by atoms with van der Waals surface area (Å²) in [5, 5.41) is 3.59. The highest BCUT2D eigenvalue weighted by Crippen LogP contribution is 2.37. The molecule has 0 bridgehead atoms. The normalized spacial score (nSPS) is 29.7. The molecule has 2 fully saturated rings. The first kappa shape index (κ1) is 14.3. The zero-order chi connectivity index (χ0) is 13.0. The summed E-state index contributed by atoms with van der Waals surface area (Å²) in [7, 11) is 0. The molecule has 0 aromatic carbocycles. The van der Waals surface area contributed by atoms with Crippen LogP contribution < -0.4 is 5.32 Å². The molecule has 0 aromatic rings. The maximum Gasteiger partial charge on any atom is 0.0224 e. The Morgan fingerprint density at radius 2 is 1.83 bits per heavy atom. The van der Waals surface area contributed by atoms with Gasteiger partial charge in [0.15, 0.2) is 0 Å². The molecule has 2 aliphatic rings. The Bertz CT molecular complexity index is 233. The van der Waals surface area contributed by atoms with E-state index < -0.39 is 0 Å². The zero-order valence-corrected chi connectivity index (χ0v) is 12.7. The van der Waals surface area contributed by atoms with Gasteiger partial charge in [-0.1, -0.05) is 20.8 Å². The fourth-order valence-electron chi connectivity index (χ4n) is 3.75. The van der Waals surface area contributed by atoms with Crippen molar-refractivity contribution in [1.82, 2.24) is 10.2 Å². The SMILES string of the molecule is CCCN(C1CCC(C)(C)CC1)C1CCCNC1. The van der Waals surface area contributed by atoms with Crippen molar-refractivity contribution >= 4 is 0 Å². The molecule has 1 aliphatic carbocycles. The van der Waals surface area contributed by atoms with Gasteiger partial charge in [0.2, 0.25) is 0 Å². The Morgan fingerprint density at radius 1 is 1.11 bits per heavy atom. The second-order valence-electron chi connectivity index (χ2n) is 7.13. The van der Waals surface area contributed by atoms with E-state index in [-0.39, 0.29) is 0 Å². The number of hydrogen-bond donors (Lipinski definition) is 1. The maximum absolute atomic E-state index is 3.59. The average Bonchev–Trinajstić information content (AvgIpc) is 2.38. The lowest BCUT2D eigenvalue weighted by atomic mass is 9.75. The van der Waals surface area contributed by atoms with Crippen LogP contribution in [0.3, 0.4) is 0 Å². The summed E-state index contributed by atoms with van der Waals surface area (Å²) in [6.45, 7) is 11.0. The standard InChI is InChI=1S/C16H32N2/c1-4-12-18(15-6-5-11-17-13-15)14-7-9-16(2,3)10-8-14/h14-15,17H,4-13H2,1-3H3. The summed E-state index contributed by atoms with van der Waals surface area (Å²) < 4.78 is 0. The summed E-state index contributed by atoms with van der Waals surface area (Å²) >= 11 is 0. The third-order valence-electron chi connectivity index (χ3n) is 5.00. The van der Waals surface area contributed by atoms with Crippen LogP contribution in [-0.2, 0) is 0 Å². The number of rotatable bonds is 4. The highest BCUT2D eigenvalue weighted by Gasteiger charge is 2.33. The number of piperidine rings is 1. The van der Waals surface area contributed by atoms with Gasteiger partial charge in [0.25, 0.3) is 0 Å². The van der Waals surface area contributed by atoms with E-state index in [1.165, 1.54) is 64.6 Å². The first-order valence-electron chi connectivity index (χ1n) is 8.09. The smallest absolute Gasteiger partial charge is 0.0224 e. The minimum Gasteiger partial charge on any atom is -0.315 e. The van der Waals surface area contributed by atoms with E-state index in [4.69, 9.17) is 0 Å². The Morgan fingerprint density at radius 3 is 2.39 bits per heavy atom. The molecule has 1 saturated carbocycles. The Hall–Kier alpha value is -0.0800. The molecule has 106 valence electrons. The summed E-state index contributed by atoms with van der Waals surface area (Å²) in [5.74, 6) is 0. The van der Waals surface area contributed by atoms with Gasteiger partial charge in [0, 0.05) is 18.6 Å². The van der Waals surface area contributed by atoms with Gasteiger partial charge in [-0.05, 0) is 63.5 Å². The summed E-state index contributed by atoms with van der Waals surface area (Å²) in [6, 6.07) is 1.67. The zero-order valence-electron chi connectivity index (χ0n) is 12.7. The van der Waals surface area contributed by atoms with Crippen LogP contribution in [0.1, 0.15) is 65.7 Å². The van der Waals surface area contributed by atoms with Crippen molar-refractivity contribution < 1.29 is 0 Å². The minimum absolute atomic E-state index is 0.596. The van der Waals surface area contributed by atoms with E-state index >= 15 is 0 Å². The molecule has 1 saturated heterocycles. The molecule has 2 rings (SSSR count). The van der Waals surface area contributed by atoms with Crippen molar-refractivity contribution in [2.24, 2.45) is 5.41 Å². The van der Waals surface area contributed by atoms with Crippen LogP contribution in [0.4, 0.5) is 0 Å². The number of hydrogen-bond acceptors (Lipinski definition) is 2. The predicted molar refractivity (Wildman–Crippen MR) is 78.9 cm³/mol. The van der Waals surface area contributed by atoms with Crippen molar-refractivity contribution in [2.45, 2.75) is 77.8 Å². The monoisotopic (exact) mass is 252 g/mol. The van der Waals surface area contributed by atoms with Crippen molar-refractivity contribution in [1.29, 1.82) is 0 Å². The van der Waals surface area contributed by atoms with Crippen molar-refractivity contribution in [3.05, 3.63) is 0 Å². The lowest BCUT2D eigenvalue weighted by molar-refractivity contribution is 0.0603. The Labute approximate surface area is 114 Å². The third kappa shape index (κ3) is 3.71. The van der Waals surface area contributed by atoms with Gasteiger partial charge in [0.1, 0.15) is 0 Å². The molecule has 1 aliphatic heterocycles. The van der Waals surface area contributed by atoms with Gasteiger partial charge >= 0.3 is 0 Å². The van der Waals surface area contributed by atoms with Crippen LogP contribution in [0.5, 0.6) is 0 Å². The number of nitrogens with one attached hydrogen (secondary N) is 1. The highest BCUT2D eigenvalue weighted by molar-refractivity contribution is 4.88. The fourth-order valence-corrected chi connectivity index (χ4v) is 3.75. The minimum atomic E-state index is 0.596. The van der Waals surface area contributed by atoms with Crippen LogP contribution in [0.15, 0.2) is 0 Å². The van der Waals surface area contributed by atoms with Crippen LogP contribution in [-0.4, -0.2) is 36.6 Å². The second kappa shape index (κ2) is 6.38. The molecular weight excluding hydrogens is 220 g/mol. The lowest BCUT2D eigenvalue weighted by Crippen LogP contribution is -2.52. The molecule has 0 radical (unpaired) electrons. The summed E-state index contributed by atoms with van der Waals surface area (Å²) in [4.78, 5) is 2.85. The molecule has 1 heterocycles. The van der Waals surface area contributed by atoms with E-state index in [0.717, 1.165) is 12.1 Å². The average molecular weight is 252 g/mol. The molecule has 2 nitrogen and oxygen atoms in total. The van der Waals surface area contributed by atoms with Crippen molar-refractivity contribution in [3.63, 3.8) is 0 Å². The van der Waals surface area contributed by atoms with Gasteiger partial charge in [-0.3, -0.25) is 4.90 Å². The van der Waals surface area contributed by atoms with E-state index in [9.17, 15) is 0 Å². The van der Waals surface area contributed by atoms with Crippen molar-refractivity contribution in [3.8, 4) is 0 Å². The van der Waals surface area contributed by atoms with Crippen LogP contribution >= 0.6 is 0 Å². The molecule has 1 unspecified atom stereocenters.